The van der Waals surface area contributed by atoms with Gasteiger partial charge in [0, 0.05) is 31.4 Å². The number of fused-ring (bicyclic) bond motifs is 1. The Morgan fingerprint density at radius 1 is 1.14 bits per heavy atom. The Labute approximate surface area is 179 Å². The molecule has 1 fully saturated rings. The van der Waals surface area contributed by atoms with Crippen LogP contribution in [0.15, 0.2) is 17.7 Å². The fourth-order valence-corrected chi connectivity index (χ4v) is 4.85. The van der Waals surface area contributed by atoms with Crippen molar-refractivity contribution in [2.75, 3.05) is 25.0 Å². The van der Waals surface area contributed by atoms with E-state index in [-0.39, 0.29) is 22.9 Å². The minimum Gasteiger partial charge on any atom is -0.369 e. The van der Waals surface area contributed by atoms with E-state index in [0.29, 0.717) is 24.1 Å². The van der Waals surface area contributed by atoms with Gasteiger partial charge in [-0.15, -0.1) is 0 Å². The lowest BCUT2D eigenvalue weighted by atomic mass is 9.79. The molecule has 5 nitrogen and oxygen atoms in total. The molecule has 0 saturated carbocycles. The second kappa shape index (κ2) is 7.56. The van der Waals surface area contributed by atoms with Crippen molar-refractivity contribution in [1.82, 2.24) is 9.80 Å². The SMILES string of the molecule is CCN1C(=O)C(=Cc2cc3c(cc2C)N(C)C(C)(C)CC3C)C(=O)N(CC)C1=S. The van der Waals surface area contributed by atoms with E-state index in [4.69, 9.17) is 12.2 Å². The van der Waals surface area contributed by atoms with Gasteiger partial charge in [-0.1, -0.05) is 6.92 Å². The van der Waals surface area contributed by atoms with E-state index in [1.807, 2.05) is 20.8 Å². The van der Waals surface area contributed by atoms with Crippen molar-refractivity contribution >= 4 is 40.9 Å². The molecule has 1 unspecified atom stereocenters. The van der Waals surface area contributed by atoms with Crippen molar-refractivity contribution < 1.29 is 9.59 Å². The van der Waals surface area contributed by atoms with Crippen LogP contribution in [0.2, 0.25) is 0 Å². The molecule has 0 aromatic heterocycles. The Kier molecular flexibility index (Phi) is 5.60. The molecular weight excluding hydrogens is 382 g/mol. The first-order valence-electron chi connectivity index (χ1n) is 10.3. The maximum absolute atomic E-state index is 13.0. The number of carbonyl (C=O) groups is 2. The standard InChI is InChI=1S/C23H31N3O2S/c1-8-25-20(27)18(21(28)26(9-2)22(25)29)12-16-11-17-15(4)13-23(5,6)24(7)19(17)10-14(16)3/h10-12,15H,8-9,13H2,1-7H3. The summed E-state index contributed by atoms with van der Waals surface area (Å²) >= 11 is 5.35. The van der Waals surface area contributed by atoms with Crippen molar-refractivity contribution in [2.24, 2.45) is 0 Å². The van der Waals surface area contributed by atoms with Gasteiger partial charge in [0.2, 0.25) is 0 Å². The van der Waals surface area contributed by atoms with E-state index < -0.39 is 0 Å². The molecule has 0 N–H and O–H groups in total. The largest absolute Gasteiger partial charge is 0.369 e. The van der Waals surface area contributed by atoms with E-state index in [0.717, 1.165) is 17.5 Å². The number of carbonyl (C=O) groups excluding carboxylic acids is 2. The van der Waals surface area contributed by atoms with Gasteiger partial charge in [0.15, 0.2) is 5.11 Å². The summed E-state index contributed by atoms with van der Waals surface area (Å²) in [5.41, 5.74) is 4.72. The van der Waals surface area contributed by atoms with Gasteiger partial charge in [-0.05, 0) is 94.1 Å². The number of nitrogens with zero attached hydrogens (tertiary/aromatic N) is 3. The summed E-state index contributed by atoms with van der Waals surface area (Å²) in [5.74, 6) is -0.218. The van der Waals surface area contributed by atoms with Gasteiger partial charge in [-0.2, -0.15) is 0 Å². The minimum absolute atomic E-state index is 0.0904. The number of benzene rings is 1. The van der Waals surface area contributed by atoms with Crippen LogP contribution in [0.5, 0.6) is 0 Å². The predicted molar refractivity (Wildman–Crippen MR) is 122 cm³/mol. The van der Waals surface area contributed by atoms with Crippen LogP contribution < -0.4 is 4.90 Å². The van der Waals surface area contributed by atoms with E-state index in [9.17, 15) is 9.59 Å². The van der Waals surface area contributed by atoms with Crippen LogP contribution in [-0.2, 0) is 9.59 Å². The quantitative estimate of drug-likeness (QED) is 0.425. The first-order valence-corrected chi connectivity index (χ1v) is 10.7. The summed E-state index contributed by atoms with van der Waals surface area (Å²) in [6.07, 6.45) is 2.80. The maximum Gasteiger partial charge on any atom is 0.265 e. The third-order valence-corrected chi connectivity index (χ3v) is 6.81. The topological polar surface area (TPSA) is 43.9 Å². The van der Waals surface area contributed by atoms with Crippen LogP contribution in [0.4, 0.5) is 5.69 Å². The first-order chi connectivity index (χ1) is 13.5. The molecule has 1 atom stereocenters. The Morgan fingerprint density at radius 3 is 2.21 bits per heavy atom. The van der Waals surface area contributed by atoms with Gasteiger partial charge in [-0.3, -0.25) is 19.4 Å². The monoisotopic (exact) mass is 413 g/mol. The fourth-order valence-electron chi connectivity index (χ4n) is 4.43. The maximum atomic E-state index is 13.0. The molecule has 156 valence electrons. The van der Waals surface area contributed by atoms with E-state index >= 15 is 0 Å². The van der Waals surface area contributed by atoms with Crippen molar-refractivity contribution in [1.29, 1.82) is 0 Å². The fraction of sp³-hybridized carbons (Fsp3) is 0.522. The Bertz CT molecular complexity index is 891. The molecule has 0 spiro atoms. The van der Waals surface area contributed by atoms with Crippen LogP contribution in [0, 0.1) is 6.92 Å². The molecule has 2 heterocycles. The summed E-state index contributed by atoms with van der Waals surface area (Å²) in [5, 5.41) is 0.293. The van der Waals surface area contributed by atoms with E-state index in [2.05, 4.69) is 44.9 Å². The number of likely N-dealkylation sites (N-methyl/N-ethyl adjacent to an activating group) is 2. The Morgan fingerprint density at radius 2 is 1.69 bits per heavy atom. The molecule has 0 radical (unpaired) electrons. The summed E-state index contributed by atoms with van der Waals surface area (Å²) < 4.78 is 0. The molecule has 0 aliphatic carbocycles. The van der Waals surface area contributed by atoms with Gasteiger partial charge in [0.25, 0.3) is 11.8 Å². The molecule has 2 aliphatic heterocycles. The number of amides is 2. The molecule has 6 heteroatoms. The lowest BCUT2D eigenvalue weighted by Crippen LogP contribution is -2.55. The molecule has 2 aliphatic rings. The average Bonchev–Trinajstić information content (AvgIpc) is 2.64. The Hall–Kier alpha value is -2.21. The summed E-state index contributed by atoms with van der Waals surface area (Å²) in [4.78, 5) is 31.2. The van der Waals surface area contributed by atoms with Crippen molar-refractivity contribution in [3.05, 3.63) is 34.4 Å². The molecule has 3 rings (SSSR count). The zero-order chi connectivity index (χ0) is 21.7. The molecule has 2 amide bonds. The summed E-state index contributed by atoms with van der Waals surface area (Å²) in [6, 6.07) is 4.32. The third-order valence-electron chi connectivity index (χ3n) is 6.37. The molecule has 1 aromatic carbocycles. The second-order valence-corrected chi connectivity index (χ2v) is 9.05. The van der Waals surface area contributed by atoms with E-state index in [1.54, 1.807) is 6.08 Å². The Balaban J connectivity index is 2.11. The van der Waals surface area contributed by atoms with Gasteiger partial charge >= 0.3 is 0 Å². The van der Waals surface area contributed by atoms with Gasteiger partial charge < -0.3 is 4.90 Å². The van der Waals surface area contributed by atoms with Crippen LogP contribution in [0.25, 0.3) is 6.08 Å². The van der Waals surface area contributed by atoms with Gasteiger partial charge in [-0.25, -0.2) is 0 Å². The lowest BCUT2D eigenvalue weighted by Gasteiger charge is -2.45. The second-order valence-electron chi connectivity index (χ2n) is 8.68. The highest BCUT2D eigenvalue weighted by Crippen LogP contribution is 2.43. The van der Waals surface area contributed by atoms with Crippen LogP contribution >= 0.6 is 12.2 Å². The number of thiocarbonyl (C=S) groups is 1. The minimum atomic E-state index is -0.310. The van der Waals surface area contributed by atoms with Gasteiger partial charge in [0.05, 0.1) is 0 Å². The van der Waals surface area contributed by atoms with Crippen LogP contribution in [-0.4, -0.2) is 52.4 Å². The van der Waals surface area contributed by atoms with Crippen LogP contribution in [0.3, 0.4) is 0 Å². The van der Waals surface area contributed by atoms with Crippen molar-refractivity contribution in [3.8, 4) is 0 Å². The number of rotatable bonds is 3. The average molecular weight is 414 g/mol. The normalized spacial score (nSPS) is 21.6. The van der Waals surface area contributed by atoms with Crippen molar-refractivity contribution in [2.45, 2.75) is 59.4 Å². The number of hydrogen-bond acceptors (Lipinski definition) is 4. The number of aryl methyl sites for hydroxylation is 1. The molecule has 29 heavy (non-hydrogen) atoms. The van der Waals surface area contributed by atoms with Gasteiger partial charge in [0.1, 0.15) is 5.57 Å². The zero-order valence-electron chi connectivity index (χ0n) is 18.5. The molecule has 1 saturated heterocycles. The highest BCUT2D eigenvalue weighted by atomic mass is 32.1. The molecule has 1 aromatic rings. The predicted octanol–water partition coefficient (Wildman–Crippen LogP) is 4.10. The first kappa shape index (κ1) is 21.5. The molecular formula is C23H31N3O2S. The van der Waals surface area contributed by atoms with Crippen LogP contribution in [0.1, 0.15) is 63.6 Å². The number of anilines is 1. The summed E-state index contributed by atoms with van der Waals surface area (Å²) in [7, 11) is 2.13. The highest BCUT2D eigenvalue weighted by Gasteiger charge is 2.38. The molecule has 0 bridgehead atoms. The zero-order valence-corrected chi connectivity index (χ0v) is 19.3. The summed E-state index contributed by atoms with van der Waals surface area (Å²) in [6.45, 7) is 13.4. The number of hydrogen-bond donors (Lipinski definition) is 0. The van der Waals surface area contributed by atoms with E-state index in [1.165, 1.54) is 21.1 Å². The smallest absolute Gasteiger partial charge is 0.265 e. The van der Waals surface area contributed by atoms with Crippen molar-refractivity contribution in [3.63, 3.8) is 0 Å². The lowest BCUT2D eigenvalue weighted by molar-refractivity contribution is -0.133. The third kappa shape index (κ3) is 3.48. The highest BCUT2D eigenvalue weighted by molar-refractivity contribution is 7.80.